The Kier molecular flexibility index (Phi) is 4.48. The Balaban J connectivity index is 1.94. The quantitative estimate of drug-likeness (QED) is 0.473. The van der Waals surface area contributed by atoms with E-state index in [1.165, 1.54) is 0 Å². The summed E-state index contributed by atoms with van der Waals surface area (Å²) in [5, 5.41) is 6.80. The predicted octanol–water partition coefficient (Wildman–Crippen LogP) is -0.408. The van der Waals surface area contributed by atoms with Crippen molar-refractivity contribution < 1.29 is 19.2 Å². The van der Waals surface area contributed by atoms with Crippen LogP contribution in [0.3, 0.4) is 0 Å². The molecule has 0 spiro atoms. The van der Waals surface area contributed by atoms with E-state index in [1.54, 1.807) is 0 Å². The van der Waals surface area contributed by atoms with Crippen LogP contribution in [0.5, 0.6) is 0 Å². The zero-order valence-electron chi connectivity index (χ0n) is 14.0. The third kappa shape index (κ3) is 4.28. The second-order valence-corrected chi connectivity index (χ2v) is 7.54. The summed E-state index contributed by atoms with van der Waals surface area (Å²) in [6.07, 6.45) is 1.46. The molecule has 0 unspecified atom stereocenters. The van der Waals surface area contributed by atoms with Crippen molar-refractivity contribution in [2.75, 3.05) is 0 Å². The molecule has 0 bridgehead atoms. The van der Waals surface area contributed by atoms with Gasteiger partial charge >= 0.3 is 11.8 Å². The van der Waals surface area contributed by atoms with Gasteiger partial charge in [-0.2, -0.15) is 5.01 Å². The van der Waals surface area contributed by atoms with Gasteiger partial charge in [-0.15, -0.1) is 0 Å². The second kappa shape index (κ2) is 5.92. The van der Waals surface area contributed by atoms with Crippen LogP contribution in [0.4, 0.5) is 0 Å². The summed E-state index contributed by atoms with van der Waals surface area (Å²) >= 11 is 0. The lowest BCUT2D eigenvalue weighted by Gasteiger charge is -2.46. The van der Waals surface area contributed by atoms with Gasteiger partial charge in [-0.1, -0.05) is 0 Å². The summed E-state index contributed by atoms with van der Waals surface area (Å²) in [5.74, 6) is -2.83. The molecule has 2 fully saturated rings. The highest BCUT2D eigenvalue weighted by Crippen LogP contribution is 2.28. The molecule has 2 aliphatic heterocycles. The van der Waals surface area contributed by atoms with E-state index >= 15 is 0 Å². The number of carbonyl (C=O) groups is 4. The Morgan fingerprint density at radius 3 is 1.96 bits per heavy atom. The summed E-state index contributed by atoms with van der Waals surface area (Å²) in [6, 6.07) is -0.163. The number of carbonyl (C=O) groups excluding carboxylic acids is 4. The molecule has 0 aromatic rings. The molecule has 4 amide bonds. The second-order valence-electron chi connectivity index (χ2n) is 7.54. The van der Waals surface area contributed by atoms with Crippen molar-refractivity contribution in [1.82, 2.24) is 21.1 Å². The summed E-state index contributed by atoms with van der Waals surface area (Å²) < 4.78 is 0. The van der Waals surface area contributed by atoms with E-state index < -0.39 is 23.6 Å². The van der Waals surface area contributed by atoms with Crippen molar-refractivity contribution in [3.63, 3.8) is 0 Å². The van der Waals surface area contributed by atoms with Crippen molar-refractivity contribution in [1.29, 1.82) is 0 Å². The van der Waals surface area contributed by atoms with Gasteiger partial charge in [0.15, 0.2) is 0 Å². The molecular weight excluding hydrogens is 300 g/mol. The number of amides is 4. The summed E-state index contributed by atoms with van der Waals surface area (Å²) in [7, 11) is 0. The van der Waals surface area contributed by atoms with Gasteiger partial charge in [-0.3, -0.25) is 19.2 Å². The topological polar surface area (TPSA) is 108 Å². The maximum Gasteiger partial charge on any atom is 0.328 e. The van der Waals surface area contributed by atoms with Gasteiger partial charge in [0.2, 0.25) is 11.8 Å². The summed E-state index contributed by atoms with van der Waals surface area (Å²) in [6.45, 7) is 8.15. The van der Waals surface area contributed by atoms with E-state index in [2.05, 4.69) is 16.1 Å². The molecule has 2 saturated heterocycles. The molecular formula is C15H24N4O4. The molecule has 0 aliphatic carbocycles. The van der Waals surface area contributed by atoms with Gasteiger partial charge in [0.05, 0.1) is 0 Å². The highest BCUT2D eigenvalue weighted by molar-refractivity contribution is 6.35. The minimum absolute atomic E-state index is 0.0530. The molecule has 0 radical (unpaired) electrons. The first-order chi connectivity index (χ1) is 10.5. The van der Waals surface area contributed by atoms with Crippen LogP contribution in [0.1, 0.15) is 53.4 Å². The van der Waals surface area contributed by atoms with Crippen molar-refractivity contribution in [3.8, 4) is 0 Å². The fourth-order valence-corrected chi connectivity index (χ4v) is 3.53. The van der Waals surface area contributed by atoms with E-state index in [0.717, 1.165) is 0 Å². The number of nitrogens with one attached hydrogen (secondary N) is 3. The average Bonchev–Trinajstić information content (AvgIpc) is 2.66. The van der Waals surface area contributed by atoms with Crippen LogP contribution < -0.4 is 16.1 Å². The fraction of sp³-hybridized carbons (Fsp3) is 0.733. The molecule has 8 nitrogen and oxygen atoms in total. The smallest absolute Gasteiger partial charge is 0.328 e. The Morgan fingerprint density at radius 2 is 1.48 bits per heavy atom. The Labute approximate surface area is 135 Å². The van der Waals surface area contributed by atoms with Crippen LogP contribution in [-0.4, -0.2) is 45.8 Å². The summed E-state index contributed by atoms with van der Waals surface area (Å²) in [4.78, 5) is 46.9. The lowest BCUT2D eigenvalue weighted by atomic mass is 9.79. The SMILES string of the molecule is CC1(C)CC(NC(=O)C(=O)NN2C(=O)CCC2=O)CC(C)(C)N1. The number of piperidine rings is 1. The summed E-state index contributed by atoms with van der Waals surface area (Å²) in [5.41, 5.74) is 1.74. The van der Waals surface area contributed by atoms with Crippen LogP contribution in [0.2, 0.25) is 0 Å². The molecule has 0 aromatic heterocycles. The molecule has 0 saturated carbocycles. The van der Waals surface area contributed by atoms with Gasteiger partial charge in [-0.05, 0) is 40.5 Å². The third-order valence-corrected chi connectivity index (χ3v) is 4.00. The molecule has 0 aromatic carbocycles. The highest BCUT2D eigenvalue weighted by Gasteiger charge is 2.39. The standard InChI is InChI=1S/C15H24N4O4/c1-14(2)7-9(8-15(3,4)18-14)16-12(22)13(23)17-19-10(20)5-6-11(19)21/h9,18H,5-8H2,1-4H3,(H,16,22)(H,17,23). The predicted molar refractivity (Wildman–Crippen MR) is 81.7 cm³/mol. The zero-order valence-corrected chi connectivity index (χ0v) is 14.0. The molecule has 0 atom stereocenters. The van der Waals surface area contributed by atoms with Crippen molar-refractivity contribution in [2.45, 2.75) is 70.5 Å². The van der Waals surface area contributed by atoms with Gasteiger partial charge in [0.1, 0.15) is 0 Å². The van der Waals surface area contributed by atoms with E-state index in [0.29, 0.717) is 17.9 Å². The number of rotatable bonds is 2. The largest absolute Gasteiger partial charge is 0.345 e. The van der Waals surface area contributed by atoms with Gasteiger partial charge in [0.25, 0.3) is 0 Å². The molecule has 2 aliphatic rings. The Morgan fingerprint density at radius 1 is 1.00 bits per heavy atom. The first-order valence-corrected chi connectivity index (χ1v) is 7.76. The zero-order chi connectivity index (χ0) is 17.4. The molecule has 2 heterocycles. The number of imide groups is 1. The van der Waals surface area contributed by atoms with Crippen LogP contribution in [0.25, 0.3) is 0 Å². The molecule has 128 valence electrons. The molecule has 8 heteroatoms. The van der Waals surface area contributed by atoms with Crippen molar-refractivity contribution in [2.24, 2.45) is 0 Å². The molecule has 3 N–H and O–H groups in total. The van der Waals surface area contributed by atoms with Crippen molar-refractivity contribution in [3.05, 3.63) is 0 Å². The highest BCUT2D eigenvalue weighted by atomic mass is 16.2. The number of hydrazine groups is 1. The number of hydrogen-bond acceptors (Lipinski definition) is 5. The van der Waals surface area contributed by atoms with Gasteiger partial charge in [0, 0.05) is 30.0 Å². The number of nitrogens with zero attached hydrogens (tertiary/aromatic N) is 1. The third-order valence-electron chi connectivity index (χ3n) is 4.00. The molecule has 23 heavy (non-hydrogen) atoms. The van der Waals surface area contributed by atoms with E-state index in [4.69, 9.17) is 0 Å². The lowest BCUT2D eigenvalue weighted by Crippen LogP contribution is -2.63. The Hall–Kier alpha value is -1.96. The fourth-order valence-electron chi connectivity index (χ4n) is 3.53. The van der Waals surface area contributed by atoms with E-state index in [-0.39, 0.29) is 30.0 Å². The minimum Gasteiger partial charge on any atom is -0.345 e. The van der Waals surface area contributed by atoms with Crippen LogP contribution in [-0.2, 0) is 19.2 Å². The van der Waals surface area contributed by atoms with E-state index in [1.807, 2.05) is 27.7 Å². The van der Waals surface area contributed by atoms with Crippen LogP contribution >= 0.6 is 0 Å². The van der Waals surface area contributed by atoms with Gasteiger partial charge in [-0.25, -0.2) is 5.43 Å². The van der Waals surface area contributed by atoms with Crippen LogP contribution in [0, 0.1) is 0 Å². The van der Waals surface area contributed by atoms with Crippen molar-refractivity contribution >= 4 is 23.6 Å². The van der Waals surface area contributed by atoms with E-state index in [9.17, 15) is 19.2 Å². The van der Waals surface area contributed by atoms with Crippen LogP contribution in [0.15, 0.2) is 0 Å². The van der Waals surface area contributed by atoms with Gasteiger partial charge < -0.3 is 10.6 Å². The Bertz CT molecular complexity index is 524. The lowest BCUT2D eigenvalue weighted by molar-refractivity contribution is -0.151. The first kappa shape index (κ1) is 17.4. The molecule has 2 rings (SSSR count). The monoisotopic (exact) mass is 324 g/mol. The normalized spacial score (nSPS) is 23.7. The number of hydrogen-bond donors (Lipinski definition) is 3. The average molecular weight is 324 g/mol. The maximum absolute atomic E-state index is 12.0. The maximum atomic E-state index is 12.0. The minimum atomic E-state index is -0.997. The first-order valence-electron chi connectivity index (χ1n) is 7.76.